The molecule has 1 unspecified atom stereocenters. The van der Waals surface area contributed by atoms with Gasteiger partial charge in [0.15, 0.2) is 0 Å². The van der Waals surface area contributed by atoms with Crippen LogP contribution in [0.5, 0.6) is 5.75 Å². The number of aromatic nitrogens is 1. The first-order chi connectivity index (χ1) is 12.6. The van der Waals surface area contributed by atoms with Gasteiger partial charge in [-0.15, -0.1) is 11.3 Å². The van der Waals surface area contributed by atoms with Gasteiger partial charge in [-0.05, 0) is 49.7 Å². The predicted octanol–water partition coefficient (Wildman–Crippen LogP) is 4.09. The Morgan fingerprint density at radius 1 is 1.31 bits per heavy atom. The molecule has 1 N–H and O–H groups in total. The summed E-state index contributed by atoms with van der Waals surface area (Å²) >= 11 is 1.54. The second kappa shape index (κ2) is 8.67. The summed E-state index contributed by atoms with van der Waals surface area (Å²) in [6.07, 6.45) is 3.61. The van der Waals surface area contributed by atoms with Crippen molar-refractivity contribution in [2.45, 2.75) is 32.2 Å². The molecule has 1 aromatic carbocycles. The van der Waals surface area contributed by atoms with Gasteiger partial charge in [0.25, 0.3) is 0 Å². The lowest BCUT2D eigenvalue weighted by Gasteiger charge is -2.12. The van der Waals surface area contributed by atoms with Crippen molar-refractivity contribution in [1.29, 1.82) is 0 Å². The van der Waals surface area contributed by atoms with Crippen molar-refractivity contribution < 1.29 is 13.9 Å². The Hall–Kier alpha value is -2.60. The molecule has 136 valence electrons. The molecule has 0 saturated carbocycles. The molecule has 1 atom stereocenters. The second-order valence-electron chi connectivity index (χ2n) is 6.14. The molecule has 0 aliphatic carbocycles. The fourth-order valence-electron chi connectivity index (χ4n) is 2.63. The van der Waals surface area contributed by atoms with Crippen LogP contribution >= 0.6 is 11.3 Å². The molecule has 0 spiro atoms. The fraction of sp³-hybridized carbons (Fsp3) is 0.300. The lowest BCUT2D eigenvalue weighted by Crippen LogP contribution is -2.34. The highest BCUT2D eigenvalue weighted by Crippen LogP contribution is 2.25. The number of nitrogens with one attached hydrogen (secondary N) is 1. The third kappa shape index (κ3) is 4.95. The maximum absolute atomic E-state index is 12.2. The number of carbonyl (C=O) groups excluding carboxylic acids is 1. The van der Waals surface area contributed by atoms with E-state index in [9.17, 15) is 4.79 Å². The van der Waals surface area contributed by atoms with E-state index in [1.54, 1.807) is 24.7 Å². The molecule has 3 aromatic rings. The molecule has 0 aliphatic rings. The Morgan fingerprint density at radius 2 is 2.12 bits per heavy atom. The third-order valence-electron chi connectivity index (χ3n) is 4.04. The average Bonchev–Trinajstić information content (AvgIpc) is 3.32. The highest BCUT2D eigenvalue weighted by molar-refractivity contribution is 7.13. The first-order valence-corrected chi connectivity index (χ1v) is 9.42. The van der Waals surface area contributed by atoms with E-state index in [1.165, 1.54) is 0 Å². The number of hydrogen-bond acceptors (Lipinski definition) is 5. The fourth-order valence-corrected chi connectivity index (χ4v) is 3.46. The summed E-state index contributed by atoms with van der Waals surface area (Å²) in [6.45, 7) is 2.00. The molecule has 0 bridgehead atoms. The Morgan fingerprint density at radius 3 is 2.81 bits per heavy atom. The van der Waals surface area contributed by atoms with Crippen LogP contribution in [0.4, 0.5) is 0 Å². The minimum absolute atomic E-state index is 0.0106. The van der Waals surface area contributed by atoms with Gasteiger partial charge in [-0.1, -0.05) is 0 Å². The van der Waals surface area contributed by atoms with E-state index in [-0.39, 0.29) is 18.4 Å². The van der Waals surface area contributed by atoms with E-state index in [2.05, 4.69) is 10.3 Å². The Kier molecular flexibility index (Phi) is 6.07. The molecule has 3 rings (SSSR count). The number of rotatable bonds is 8. The van der Waals surface area contributed by atoms with Crippen LogP contribution in [0.3, 0.4) is 0 Å². The number of furan rings is 1. The Balaban J connectivity index is 1.50. The summed E-state index contributed by atoms with van der Waals surface area (Å²) in [5.74, 6) is 1.74. The SMILES string of the molecule is COc1ccc(-c2nc(CC(=O)NC(C)CCc3ccco3)cs2)cc1. The van der Waals surface area contributed by atoms with Crippen LogP contribution in [0.1, 0.15) is 24.8 Å². The number of hydrogen-bond donors (Lipinski definition) is 1. The number of aryl methyl sites for hydroxylation is 1. The van der Waals surface area contributed by atoms with Gasteiger partial charge in [0.2, 0.25) is 5.91 Å². The first kappa shape index (κ1) is 18.2. The van der Waals surface area contributed by atoms with E-state index in [0.717, 1.165) is 40.6 Å². The van der Waals surface area contributed by atoms with Crippen molar-refractivity contribution in [2.75, 3.05) is 7.11 Å². The summed E-state index contributed by atoms with van der Waals surface area (Å²) in [6, 6.07) is 11.7. The summed E-state index contributed by atoms with van der Waals surface area (Å²) in [4.78, 5) is 16.8. The molecule has 5 nitrogen and oxygen atoms in total. The molecule has 26 heavy (non-hydrogen) atoms. The molecule has 0 radical (unpaired) electrons. The van der Waals surface area contributed by atoms with Gasteiger partial charge in [-0.2, -0.15) is 0 Å². The van der Waals surface area contributed by atoms with E-state index in [0.29, 0.717) is 0 Å². The summed E-state index contributed by atoms with van der Waals surface area (Å²) in [5.41, 5.74) is 1.81. The zero-order valence-electron chi connectivity index (χ0n) is 14.9. The highest BCUT2D eigenvalue weighted by atomic mass is 32.1. The quantitative estimate of drug-likeness (QED) is 0.649. The molecule has 0 saturated heterocycles. The number of amides is 1. The van der Waals surface area contributed by atoms with Gasteiger partial charge in [-0.3, -0.25) is 4.79 Å². The van der Waals surface area contributed by atoms with Crippen molar-refractivity contribution in [3.8, 4) is 16.3 Å². The van der Waals surface area contributed by atoms with Gasteiger partial charge in [0.1, 0.15) is 16.5 Å². The first-order valence-electron chi connectivity index (χ1n) is 8.54. The number of methoxy groups -OCH3 is 1. The molecule has 0 aliphatic heterocycles. The van der Waals surface area contributed by atoms with Crippen LogP contribution in [-0.4, -0.2) is 24.0 Å². The molecule has 2 aromatic heterocycles. The minimum Gasteiger partial charge on any atom is -0.497 e. The van der Waals surface area contributed by atoms with Crippen LogP contribution in [0, 0.1) is 0 Å². The summed E-state index contributed by atoms with van der Waals surface area (Å²) in [5, 5.41) is 5.86. The molecule has 0 fully saturated rings. The zero-order chi connectivity index (χ0) is 18.4. The van der Waals surface area contributed by atoms with E-state index in [1.807, 2.05) is 48.7 Å². The summed E-state index contributed by atoms with van der Waals surface area (Å²) < 4.78 is 10.5. The summed E-state index contributed by atoms with van der Waals surface area (Å²) in [7, 11) is 1.64. The van der Waals surface area contributed by atoms with E-state index in [4.69, 9.17) is 9.15 Å². The maximum atomic E-state index is 12.2. The van der Waals surface area contributed by atoms with Gasteiger partial charge in [-0.25, -0.2) is 4.98 Å². The highest BCUT2D eigenvalue weighted by Gasteiger charge is 2.12. The molecule has 6 heteroatoms. The van der Waals surface area contributed by atoms with E-state index < -0.39 is 0 Å². The largest absolute Gasteiger partial charge is 0.497 e. The van der Waals surface area contributed by atoms with Crippen molar-refractivity contribution in [1.82, 2.24) is 10.3 Å². The van der Waals surface area contributed by atoms with Crippen LogP contribution in [0.15, 0.2) is 52.5 Å². The average molecular weight is 370 g/mol. The second-order valence-corrected chi connectivity index (χ2v) is 6.99. The molecular formula is C20H22N2O3S. The minimum atomic E-state index is -0.0106. The van der Waals surface area contributed by atoms with Gasteiger partial charge >= 0.3 is 0 Å². The maximum Gasteiger partial charge on any atom is 0.226 e. The van der Waals surface area contributed by atoms with Crippen LogP contribution in [-0.2, 0) is 17.6 Å². The van der Waals surface area contributed by atoms with E-state index >= 15 is 0 Å². The van der Waals surface area contributed by atoms with Gasteiger partial charge < -0.3 is 14.5 Å². The Bertz CT molecular complexity index is 825. The smallest absolute Gasteiger partial charge is 0.226 e. The zero-order valence-corrected chi connectivity index (χ0v) is 15.7. The molecular weight excluding hydrogens is 348 g/mol. The van der Waals surface area contributed by atoms with Crippen molar-refractivity contribution >= 4 is 17.2 Å². The molecule has 2 heterocycles. The van der Waals surface area contributed by atoms with Crippen molar-refractivity contribution in [2.24, 2.45) is 0 Å². The number of carbonyl (C=O) groups is 1. The third-order valence-corrected chi connectivity index (χ3v) is 4.98. The van der Waals surface area contributed by atoms with Gasteiger partial charge in [0, 0.05) is 23.4 Å². The van der Waals surface area contributed by atoms with Crippen LogP contribution in [0.2, 0.25) is 0 Å². The monoisotopic (exact) mass is 370 g/mol. The lowest BCUT2D eigenvalue weighted by atomic mass is 10.1. The number of ether oxygens (including phenoxy) is 1. The number of thiazole rings is 1. The Labute approximate surface area is 157 Å². The predicted molar refractivity (Wildman–Crippen MR) is 102 cm³/mol. The normalized spacial score (nSPS) is 11.9. The standard InChI is InChI=1S/C20H22N2O3S/c1-14(5-8-18-4-3-11-25-18)21-19(23)12-16-13-26-20(22-16)15-6-9-17(24-2)10-7-15/h3-4,6-7,9-11,13-14H,5,8,12H2,1-2H3,(H,21,23). The molecule has 1 amide bonds. The van der Waals surface area contributed by atoms with Crippen molar-refractivity contribution in [3.05, 3.63) is 59.5 Å². The number of nitrogens with zero attached hydrogens (tertiary/aromatic N) is 1. The van der Waals surface area contributed by atoms with Crippen LogP contribution in [0.25, 0.3) is 10.6 Å². The lowest BCUT2D eigenvalue weighted by molar-refractivity contribution is -0.121. The van der Waals surface area contributed by atoms with Crippen molar-refractivity contribution in [3.63, 3.8) is 0 Å². The van der Waals surface area contributed by atoms with Gasteiger partial charge in [0.05, 0.1) is 25.5 Å². The number of benzene rings is 1. The van der Waals surface area contributed by atoms with Crippen LogP contribution < -0.4 is 10.1 Å². The topological polar surface area (TPSA) is 64.4 Å².